The van der Waals surface area contributed by atoms with E-state index in [9.17, 15) is 5.11 Å². The molecule has 4 heterocycles. The van der Waals surface area contributed by atoms with Crippen molar-refractivity contribution in [2.24, 2.45) is 0 Å². The number of rotatable bonds is 5. The lowest BCUT2D eigenvalue weighted by molar-refractivity contribution is 0.152. The summed E-state index contributed by atoms with van der Waals surface area (Å²) in [6, 6.07) is 18.3. The number of aryl methyl sites for hydroxylation is 2. The van der Waals surface area contributed by atoms with E-state index in [-0.39, 0.29) is 12.0 Å². The average Bonchev–Trinajstić information content (AvgIpc) is 3.53. The van der Waals surface area contributed by atoms with E-state index >= 15 is 0 Å². The largest absolute Gasteiger partial charge is 0.392 e. The molecule has 33 heavy (non-hydrogen) atoms. The molecule has 4 aromatic heterocycles. The van der Waals surface area contributed by atoms with Gasteiger partial charge < -0.3 is 10.1 Å². The van der Waals surface area contributed by atoms with E-state index in [0.717, 1.165) is 59.1 Å². The van der Waals surface area contributed by atoms with Gasteiger partial charge in [0, 0.05) is 29.8 Å². The minimum atomic E-state index is -0.343. The van der Waals surface area contributed by atoms with Gasteiger partial charge in [0.2, 0.25) is 0 Å². The fraction of sp³-hybridized carbons (Fsp3) is 0.231. The Morgan fingerprint density at radius 2 is 1.97 bits per heavy atom. The first kappa shape index (κ1) is 19.8. The van der Waals surface area contributed by atoms with Crippen LogP contribution < -0.4 is 0 Å². The predicted molar refractivity (Wildman–Crippen MR) is 126 cm³/mol. The number of fused-ring (bicyclic) bond motifs is 2. The van der Waals surface area contributed by atoms with Gasteiger partial charge in [-0.25, -0.2) is 14.5 Å². The fourth-order valence-electron chi connectivity index (χ4n) is 4.87. The van der Waals surface area contributed by atoms with Gasteiger partial charge in [-0.2, -0.15) is 5.10 Å². The van der Waals surface area contributed by atoms with E-state index in [0.29, 0.717) is 0 Å². The number of aliphatic hydroxyl groups is 1. The third-order valence-corrected chi connectivity index (χ3v) is 6.49. The lowest BCUT2D eigenvalue weighted by Gasteiger charge is -2.14. The van der Waals surface area contributed by atoms with Crippen LogP contribution in [0.3, 0.4) is 0 Å². The molecule has 0 saturated heterocycles. The second kappa shape index (κ2) is 7.94. The second-order valence-electron chi connectivity index (χ2n) is 8.67. The minimum absolute atomic E-state index is 0.127. The zero-order chi connectivity index (χ0) is 22.4. The molecule has 5 aromatic rings. The molecular formula is C26H24N6O. The number of aliphatic hydroxyl groups excluding tert-OH is 1. The van der Waals surface area contributed by atoms with Gasteiger partial charge in [-0.3, -0.25) is 4.98 Å². The molecule has 1 aliphatic rings. The summed E-state index contributed by atoms with van der Waals surface area (Å²) < 4.78 is 1.75. The molecule has 2 N–H and O–H groups in total. The molecule has 0 aliphatic heterocycles. The van der Waals surface area contributed by atoms with Crippen molar-refractivity contribution in [3.8, 4) is 22.6 Å². The molecular weight excluding hydrogens is 412 g/mol. The van der Waals surface area contributed by atoms with Gasteiger partial charge in [0.15, 0.2) is 5.65 Å². The van der Waals surface area contributed by atoms with Gasteiger partial charge >= 0.3 is 0 Å². The number of nitrogens with one attached hydrogen (secondary N) is 1. The molecule has 0 spiro atoms. The Hall–Kier alpha value is -3.84. The van der Waals surface area contributed by atoms with Gasteiger partial charge in [0.1, 0.15) is 12.2 Å². The highest BCUT2D eigenvalue weighted by molar-refractivity contribution is 5.77. The summed E-state index contributed by atoms with van der Waals surface area (Å²) in [4.78, 5) is 17.5. The van der Waals surface area contributed by atoms with Crippen LogP contribution in [-0.2, 0) is 12.8 Å². The molecule has 0 bridgehead atoms. The SMILES string of the molecule is Cc1cccc(-c2[nH]c(CCC3c4ccccc4C[C@@H]3O)nc2-c2ccc3ncnn3c2)n1. The van der Waals surface area contributed by atoms with Crippen molar-refractivity contribution >= 4 is 5.65 Å². The van der Waals surface area contributed by atoms with Crippen LogP contribution in [0.2, 0.25) is 0 Å². The maximum atomic E-state index is 10.7. The summed E-state index contributed by atoms with van der Waals surface area (Å²) in [5.74, 6) is 1.01. The Morgan fingerprint density at radius 1 is 1.06 bits per heavy atom. The molecule has 1 aliphatic carbocycles. The number of aromatic amines is 1. The minimum Gasteiger partial charge on any atom is -0.392 e. The monoisotopic (exact) mass is 436 g/mol. The molecule has 1 aromatic carbocycles. The first-order valence-corrected chi connectivity index (χ1v) is 11.2. The van der Waals surface area contributed by atoms with Crippen LogP contribution in [0, 0.1) is 6.92 Å². The molecule has 7 nitrogen and oxygen atoms in total. The van der Waals surface area contributed by atoms with Gasteiger partial charge in [0.05, 0.1) is 23.2 Å². The van der Waals surface area contributed by atoms with Gasteiger partial charge in [0.25, 0.3) is 0 Å². The second-order valence-corrected chi connectivity index (χ2v) is 8.67. The summed E-state index contributed by atoms with van der Waals surface area (Å²) in [5.41, 5.74) is 7.78. The number of H-pyrrole nitrogens is 1. The zero-order valence-electron chi connectivity index (χ0n) is 18.3. The van der Waals surface area contributed by atoms with Crippen LogP contribution in [-0.4, -0.2) is 40.8 Å². The van der Waals surface area contributed by atoms with Gasteiger partial charge in [-0.1, -0.05) is 30.3 Å². The van der Waals surface area contributed by atoms with Crippen LogP contribution in [0.5, 0.6) is 0 Å². The Balaban J connectivity index is 1.36. The summed E-state index contributed by atoms with van der Waals surface area (Å²) in [6.45, 7) is 1.99. The standard InChI is InChI=1S/C26H24N6O/c1-16-5-4-8-21(29-16)26-25(18-9-12-24-27-15-28-32(24)14-18)30-23(31-26)11-10-20-19-7-3-2-6-17(19)13-22(20)33/h2-9,12,14-15,20,22,33H,10-11,13H2,1H3,(H,30,31)/t20?,22-/m0/s1. The van der Waals surface area contributed by atoms with Crippen LogP contribution in [0.25, 0.3) is 28.3 Å². The topological polar surface area (TPSA) is 92.0 Å². The number of imidazole rings is 1. The number of hydrogen-bond acceptors (Lipinski definition) is 5. The lowest BCUT2D eigenvalue weighted by atomic mass is 9.94. The summed E-state index contributed by atoms with van der Waals surface area (Å²) >= 11 is 0. The van der Waals surface area contributed by atoms with E-state index in [1.807, 2.05) is 49.5 Å². The van der Waals surface area contributed by atoms with Crippen LogP contribution in [0.4, 0.5) is 0 Å². The summed E-state index contributed by atoms with van der Waals surface area (Å²) in [6.07, 6.45) is 5.43. The molecule has 164 valence electrons. The highest BCUT2D eigenvalue weighted by atomic mass is 16.3. The van der Waals surface area contributed by atoms with Gasteiger partial charge in [-0.15, -0.1) is 0 Å². The normalized spacial score (nSPS) is 17.5. The molecule has 7 heteroatoms. The van der Waals surface area contributed by atoms with Gasteiger partial charge in [-0.05, 0) is 55.2 Å². The first-order chi connectivity index (χ1) is 16.2. The number of nitrogens with zero attached hydrogens (tertiary/aromatic N) is 5. The summed E-state index contributed by atoms with van der Waals surface area (Å²) in [5, 5.41) is 14.9. The predicted octanol–water partition coefficient (Wildman–Crippen LogP) is 4.12. The van der Waals surface area contributed by atoms with Crippen molar-refractivity contribution in [3.05, 3.63) is 89.8 Å². The maximum absolute atomic E-state index is 10.7. The lowest BCUT2D eigenvalue weighted by Crippen LogP contribution is -2.14. The van der Waals surface area contributed by atoms with Crippen molar-refractivity contribution in [2.75, 3.05) is 0 Å². The van der Waals surface area contributed by atoms with E-state index in [4.69, 9.17) is 9.97 Å². The van der Waals surface area contributed by atoms with Crippen molar-refractivity contribution in [1.82, 2.24) is 29.5 Å². The van der Waals surface area contributed by atoms with E-state index in [2.05, 4.69) is 33.3 Å². The van der Waals surface area contributed by atoms with Crippen LogP contribution in [0.1, 0.15) is 35.0 Å². The van der Waals surface area contributed by atoms with E-state index in [1.165, 1.54) is 11.1 Å². The van der Waals surface area contributed by atoms with E-state index < -0.39 is 0 Å². The van der Waals surface area contributed by atoms with E-state index in [1.54, 1.807) is 10.8 Å². The molecule has 2 atom stereocenters. The Bertz CT molecular complexity index is 1450. The molecule has 1 unspecified atom stereocenters. The van der Waals surface area contributed by atoms with Crippen LogP contribution >= 0.6 is 0 Å². The average molecular weight is 437 g/mol. The Labute approximate surface area is 191 Å². The highest BCUT2D eigenvalue weighted by Gasteiger charge is 2.30. The van der Waals surface area contributed by atoms with Crippen molar-refractivity contribution < 1.29 is 5.11 Å². The van der Waals surface area contributed by atoms with Crippen LogP contribution in [0.15, 0.2) is 67.1 Å². The number of pyridine rings is 2. The summed E-state index contributed by atoms with van der Waals surface area (Å²) in [7, 11) is 0. The third-order valence-electron chi connectivity index (χ3n) is 6.49. The number of aromatic nitrogens is 6. The van der Waals surface area contributed by atoms with Crippen molar-refractivity contribution in [3.63, 3.8) is 0 Å². The number of hydrogen-bond donors (Lipinski definition) is 2. The first-order valence-electron chi connectivity index (χ1n) is 11.2. The zero-order valence-corrected chi connectivity index (χ0v) is 18.3. The highest BCUT2D eigenvalue weighted by Crippen LogP contribution is 2.37. The molecule has 0 amide bonds. The van der Waals surface area contributed by atoms with Crippen molar-refractivity contribution in [2.45, 2.75) is 38.2 Å². The third kappa shape index (κ3) is 3.60. The fourth-order valence-corrected chi connectivity index (χ4v) is 4.87. The Morgan fingerprint density at radius 3 is 2.88 bits per heavy atom. The molecule has 0 saturated carbocycles. The quantitative estimate of drug-likeness (QED) is 0.432. The molecule has 0 fully saturated rings. The maximum Gasteiger partial charge on any atom is 0.155 e. The molecule has 0 radical (unpaired) electrons. The molecule has 6 rings (SSSR count). The smallest absolute Gasteiger partial charge is 0.155 e. The number of benzene rings is 1. The van der Waals surface area contributed by atoms with Crippen molar-refractivity contribution in [1.29, 1.82) is 0 Å². The Kier molecular flexibility index (Phi) is 4.77.